The van der Waals surface area contributed by atoms with Crippen LogP contribution < -0.4 is 4.72 Å². The van der Waals surface area contributed by atoms with E-state index in [4.69, 9.17) is 4.74 Å². The van der Waals surface area contributed by atoms with Crippen LogP contribution in [0.1, 0.15) is 33.3 Å². The van der Waals surface area contributed by atoms with E-state index in [-0.39, 0.29) is 4.90 Å². The number of benzene rings is 1. The highest BCUT2D eigenvalue weighted by Crippen LogP contribution is 2.13. The van der Waals surface area contributed by atoms with Crippen molar-refractivity contribution in [1.82, 2.24) is 4.72 Å². The summed E-state index contributed by atoms with van der Waals surface area (Å²) in [5.74, 6) is -0.869. The maximum Gasteiger partial charge on any atom is 0.337 e. The molecule has 0 aliphatic carbocycles. The van der Waals surface area contributed by atoms with Crippen molar-refractivity contribution in [2.24, 2.45) is 0 Å². The Labute approximate surface area is 131 Å². The molecule has 2 atom stereocenters. The molecule has 1 rings (SSSR count). The van der Waals surface area contributed by atoms with E-state index in [2.05, 4.69) is 4.72 Å². The van der Waals surface area contributed by atoms with Crippen LogP contribution in [0.4, 0.5) is 0 Å². The molecule has 0 aromatic heterocycles. The first-order valence-corrected chi connectivity index (χ1v) is 8.40. The van der Waals surface area contributed by atoms with Gasteiger partial charge in [0.1, 0.15) is 5.60 Å². The number of esters is 1. The molecule has 0 bridgehead atoms. The SMILES string of the molecule is Cc1ccc(S(=O)(=O)N[C@@H](C)[C@@H](O)C(=O)OC(C)(C)C)cc1. The van der Waals surface area contributed by atoms with E-state index in [1.54, 1.807) is 32.9 Å². The van der Waals surface area contributed by atoms with Crippen molar-refractivity contribution in [3.63, 3.8) is 0 Å². The normalized spacial score (nSPS) is 15.2. The van der Waals surface area contributed by atoms with Gasteiger partial charge < -0.3 is 9.84 Å². The van der Waals surface area contributed by atoms with Gasteiger partial charge in [-0.1, -0.05) is 17.7 Å². The zero-order chi connectivity index (χ0) is 17.1. The van der Waals surface area contributed by atoms with Crippen molar-refractivity contribution in [3.8, 4) is 0 Å². The van der Waals surface area contributed by atoms with Crippen molar-refractivity contribution in [2.45, 2.75) is 57.3 Å². The Kier molecular flexibility index (Phi) is 5.72. The molecule has 0 aliphatic heterocycles. The van der Waals surface area contributed by atoms with E-state index in [9.17, 15) is 18.3 Å². The Morgan fingerprint density at radius 1 is 1.23 bits per heavy atom. The van der Waals surface area contributed by atoms with Crippen LogP contribution in [0.2, 0.25) is 0 Å². The van der Waals surface area contributed by atoms with Crippen molar-refractivity contribution >= 4 is 16.0 Å². The van der Waals surface area contributed by atoms with Crippen molar-refractivity contribution in [3.05, 3.63) is 29.8 Å². The minimum absolute atomic E-state index is 0.0707. The van der Waals surface area contributed by atoms with Gasteiger partial charge in [0.05, 0.1) is 10.9 Å². The summed E-state index contributed by atoms with van der Waals surface area (Å²) in [5, 5.41) is 9.90. The predicted octanol–water partition coefficient (Wildman–Crippen LogP) is 1.36. The van der Waals surface area contributed by atoms with E-state index < -0.39 is 33.7 Å². The molecule has 0 unspecified atom stereocenters. The number of carbonyl (C=O) groups excluding carboxylic acids is 1. The van der Waals surface area contributed by atoms with Crippen LogP contribution in [0, 0.1) is 6.92 Å². The first-order valence-electron chi connectivity index (χ1n) is 6.92. The van der Waals surface area contributed by atoms with E-state index in [1.807, 2.05) is 6.92 Å². The van der Waals surface area contributed by atoms with Crippen LogP contribution in [-0.2, 0) is 19.6 Å². The third-order valence-corrected chi connectivity index (χ3v) is 4.37. The third kappa shape index (κ3) is 5.40. The quantitative estimate of drug-likeness (QED) is 0.796. The molecule has 2 N–H and O–H groups in total. The molecule has 22 heavy (non-hydrogen) atoms. The Morgan fingerprint density at radius 2 is 1.73 bits per heavy atom. The van der Waals surface area contributed by atoms with Gasteiger partial charge in [0, 0.05) is 0 Å². The lowest BCUT2D eigenvalue weighted by atomic mass is 10.1. The second kappa shape index (κ2) is 6.76. The molecule has 0 amide bonds. The number of ether oxygens (including phenoxy) is 1. The fourth-order valence-electron chi connectivity index (χ4n) is 1.66. The van der Waals surface area contributed by atoms with E-state index in [0.717, 1.165) is 5.56 Å². The van der Waals surface area contributed by atoms with Gasteiger partial charge in [-0.2, -0.15) is 0 Å². The molecule has 1 aromatic carbocycles. The molecule has 0 fully saturated rings. The number of sulfonamides is 1. The number of carbonyl (C=O) groups is 1. The Balaban J connectivity index is 2.80. The second-order valence-corrected chi connectivity index (χ2v) is 7.92. The van der Waals surface area contributed by atoms with Crippen LogP contribution in [-0.4, -0.2) is 37.2 Å². The van der Waals surface area contributed by atoms with Crippen LogP contribution in [0.25, 0.3) is 0 Å². The van der Waals surface area contributed by atoms with Gasteiger partial charge >= 0.3 is 5.97 Å². The average Bonchev–Trinajstić information content (AvgIpc) is 2.35. The van der Waals surface area contributed by atoms with Gasteiger partial charge in [0.2, 0.25) is 10.0 Å². The van der Waals surface area contributed by atoms with Gasteiger partial charge in [-0.15, -0.1) is 0 Å². The molecule has 0 heterocycles. The lowest BCUT2D eigenvalue weighted by Gasteiger charge is -2.24. The van der Waals surface area contributed by atoms with Gasteiger partial charge in [-0.3, -0.25) is 0 Å². The fraction of sp³-hybridized carbons (Fsp3) is 0.533. The molecule has 1 aromatic rings. The van der Waals surface area contributed by atoms with Crippen LogP contribution in [0.15, 0.2) is 29.2 Å². The van der Waals surface area contributed by atoms with E-state index in [0.29, 0.717) is 0 Å². The molecule has 0 radical (unpaired) electrons. The number of nitrogens with one attached hydrogen (secondary N) is 1. The minimum atomic E-state index is -3.82. The summed E-state index contributed by atoms with van der Waals surface area (Å²) in [6.45, 7) is 8.25. The summed E-state index contributed by atoms with van der Waals surface area (Å²) < 4.78 is 31.7. The number of rotatable bonds is 5. The number of aliphatic hydroxyl groups is 1. The van der Waals surface area contributed by atoms with E-state index >= 15 is 0 Å². The van der Waals surface area contributed by atoms with Crippen LogP contribution in [0.5, 0.6) is 0 Å². The summed E-state index contributed by atoms with van der Waals surface area (Å²) in [4.78, 5) is 11.8. The highest BCUT2D eigenvalue weighted by molar-refractivity contribution is 7.89. The molecule has 0 saturated heterocycles. The summed E-state index contributed by atoms with van der Waals surface area (Å²) in [7, 11) is -3.82. The maximum absolute atomic E-state index is 12.2. The average molecular weight is 329 g/mol. The summed E-state index contributed by atoms with van der Waals surface area (Å²) in [6.07, 6.45) is -1.58. The van der Waals surface area contributed by atoms with Crippen LogP contribution in [0.3, 0.4) is 0 Å². The largest absolute Gasteiger partial charge is 0.458 e. The second-order valence-electron chi connectivity index (χ2n) is 6.20. The number of hydrogen-bond acceptors (Lipinski definition) is 5. The highest BCUT2D eigenvalue weighted by atomic mass is 32.2. The summed E-state index contributed by atoms with van der Waals surface area (Å²) in [5.41, 5.74) is 0.175. The molecule has 6 nitrogen and oxygen atoms in total. The number of aryl methyl sites for hydroxylation is 1. The Bertz CT molecular complexity index is 616. The number of aliphatic hydroxyl groups excluding tert-OH is 1. The minimum Gasteiger partial charge on any atom is -0.458 e. The zero-order valence-corrected chi connectivity index (χ0v) is 14.3. The first kappa shape index (κ1) is 18.6. The summed E-state index contributed by atoms with van der Waals surface area (Å²) in [6, 6.07) is 5.25. The first-order chi connectivity index (χ1) is 9.92. The maximum atomic E-state index is 12.2. The molecule has 124 valence electrons. The molecular weight excluding hydrogens is 306 g/mol. The summed E-state index contributed by atoms with van der Waals surface area (Å²) >= 11 is 0. The monoisotopic (exact) mass is 329 g/mol. The molecule has 7 heteroatoms. The van der Waals surface area contributed by atoms with E-state index in [1.165, 1.54) is 19.1 Å². The van der Waals surface area contributed by atoms with Crippen molar-refractivity contribution in [2.75, 3.05) is 0 Å². The highest BCUT2D eigenvalue weighted by Gasteiger charge is 2.30. The number of hydrogen-bond donors (Lipinski definition) is 2. The topological polar surface area (TPSA) is 92.7 Å². The van der Waals surface area contributed by atoms with Crippen molar-refractivity contribution < 1.29 is 23.1 Å². The van der Waals surface area contributed by atoms with Gasteiger partial charge in [0.25, 0.3) is 0 Å². The van der Waals surface area contributed by atoms with Crippen LogP contribution >= 0.6 is 0 Å². The zero-order valence-electron chi connectivity index (χ0n) is 13.5. The van der Waals surface area contributed by atoms with Gasteiger partial charge in [-0.25, -0.2) is 17.9 Å². The predicted molar refractivity (Wildman–Crippen MR) is 82.8 cm³/mol. The standard InChI is InChI=1S/C15H23NO5S/c1-10-6-8-12(9-7-10)22(19,20)16-11(2)13(17)14(18)21-15(3,4)5/h6-9,11,13,16-17H,1-5H3/t11-,13+/m0/s1. The Hall–Kier alpha value is -1.44. The molecular formula is C15H23NO5S. The molecule has 0 saturated carbocycles. The lowest BCUT2D eigenvalue weighted by Crippen LogP contribution is -2.46. The van der Waals surface area contributed by atoms with Gasteiger partial charge in [-0.05, 0) is 46.8 Å². The third-order valence-electron chi connectivity index (χ3n) is 2.79. The lowest BCUT2D eigenvalue weighted by molar-refractivity contribution is -0.166. The van der Waals surface area contributed by atoms with Gasteiger partial charge in [0.15, 0.2) is 6.10 Å². The Morgan fingerprint density at radius 3 is 2.18 bits per heavy atom. The molecule has 0 aliphatic rings. The van der Waals surface area contributed by atoms with Crippen molar-refractivity contribution in [1.29, 1.82) is 0 Å². The smallest absolute Gasteiger partial charge is 0.337 e. The molecule has 0 spiro atoms. The fourth-order valence-corrected chi connectivity index (χ4v) is 2.91.